The molecule has 1 aliphatic carbocycles. The Morgan fingerprint density at radius 3 is 2.43 bits per heavy atom. The first-order valence-electron chi connectivity index (χ1n) is 13.5. The molecule has 0 unspecified atom stereocenters. The van der Waals surface area contributed by atoms with Crippen LogP contribution in [0, 0.1) is 0 Å². The van der Waals surface area contributed by atoms with Gasteiger partial charge in [0.05, 0.1) is 21.3 Å². The van der Waals surface area contributed by atoms with E-state index < -0.39 is 0 Å². The first kappa shape index (κ1) is 27.3. The Morgan fingerprint density at radius 2 is 1.66 bits per heavy atom. The Morgan fingerprint density at radius 1 is 0.857 bits per heavy atom. The van der Waals surface area contributed by atoms with E-state index in [-0.39, 0.29) is 0 Å². The van der Waals surface area contributed by atoms with Gasteiger partial charge in [0, 0.05) is 6.04 Å². The molecule has 0 aliphatic heterocycles. The van der Waals surface area contributed by atoms with Crippen LogP contribution in [0.2, 0.25) is 0 Å². The molecule has 1 atom stereocenters. The van der Waals surface area contributed by atoms with Gasteiger partial charge < -0.3 is 24.4 Å². The first-order chi connectivity index (χ1) is 17.2. The number of fused-ring (bicyclic) bond motifs is 1. The highest BCUT2D eigenvalue weighted by atomic mass is 16.5. The van der Waals surface area contributed by atoms with Gasteiger partial charge in [0.1, 0.15) is 5.75 Å². The molecule has 0 radical (unpaired) electrons. The minimum atomic E-state index is 0.674. The molecule has 5 nitrogen and oxygen atoms in total. The van der Waals surface area contributed by atoms with E-state index in [0.29, 0.717) is 6.04 Å². The molecule has 1 N–H and O–H groups in total. The summed E-state index contributed by atoms with van der Waals surface area (Å²) in [6.45, 7) is 6.83. The lowest BCUT2D eigenvalue weighted by Crippen LogP contribution is -2.40. The minimum Gasteiger partial charge on any atom is -0.496 e. The number of hydrogen-bond acceptors (Lipinski definition) is 5. The quantitative estimate of drug-likeness (QED) is 0.312. The summed E-state index contributed by atoms with van der Waals surface area (Å²) >= 11 is 0. The maximum absolute atomic E-state index is 5.59. The van der Waals surface area contributed by atoms with E-state index in [1.807, 2.05) is 6.07 Å². The molecule has 2 aromatic rings. The minimum absolute atomic E-state index is 0.674. The van der Waals surface area contributed by atoms with Crippen LogP contribution < -0.4 is 19.5 Å². The normalized spacial score (nSPS) is 15.2. The van der Waals surface area contributed by atoms with Crippen molar-refractivity contribution in [2.75, 3.05) is 47.5 Å². The number of methoxy groups -OCH3 is 3. The van der Waals surface area contributed by atoms with Gasteiger partial charge in [-0.05, 0) is 106 Å². The van der Waals surface area contributed by atoms with E-state index >= 15 is 0 Å². The number of nitrogens with zero attached hydrogens (tertiary/aromatic N) is 1. The molecule has 0 heterocycles. The molecule has 35 heavy (non-hydrogen) atoms. The van der Waals surface area contributed by atoms with Crippen molar-refractivity contribution in [1.29, 1.82) is 0 Å². The fourth-order valence-electron chi connectivity index (χ4n) is 5.33. The van der Waals surface area contributed by atoms with E-state index in [4.69, 9.17) is 14.2 Å². The zero-order valence-electron chi connectivity index (χ0n) is 22.4. The van der Waals surface area contributed by atoms with Crippen LogP contribution in [-0.4, -0.2) is 58.5 Å². The fourth-order valence-corrected chi connectivity index (χ4v) is 5.33. The monoisotopic (exact) mass is 482 g/mol. The molecule has 194 valence electrons. The molecule has 0 spiro atoms. The maximum atomic E-state index is 5.59. The van der Waals surface area contributed by atoms with Gasteiger partial charge in [-0.3, -0.25) is 0 Å². The van der Waals surface area contributed by atoms with Gasteiger partial charge in [0.2, 0.25) is 0 Å². The van der Waals surface area contributed by atoms with Crippen molar-refractivity contribution in [3.05, 3.63) is 53.1 Å². The fraction of sp³-hybridized carbons (Fsp3) is 0.600. The number of nitrogens with one attached hydrogen (secondary N) is 1. The van der Waals surface area contributed by atoms with Crippen molar-refractivity contribution < 1.29 is 14.2 Å². The predicted octanol–water partition coefficient (Wildman–Crippen LogP) is 5.67. The second-order valence-corrected chi connectivity index (χ2v) is 9.63. The zero-order valence-corrected chi connectivity index (χ0v) is 22.4. The highest BCUT2D eigenvalue weighted by Crippen LogP contribution is 2.31. The SMILES string of the molecule is CCCN(CCCCCCNCCc1ccc(OC)c(OC)c1)[C@H]1CCc2c(cccc2OC)C1. The summed E-state index contributed by atoms with van der Waals surface area (Å²) in [5.74, 6) is 2.66. The van der Waals surface area contributed by atoms with E-state index in [0.717, 1.165) is 49.6 Å². The van der Waals surface area contributed by atoms with Crippen LogP contribution in [0.3, 0.4) is 0 Å². The number of rotatable bonds is 16. The van der Waals surface area contributed by atoms with Gasteiger partial charge in [-0.2, -0.15) is 0 Å². The third-order valence-electron chi connectivity index (χ3n) is 7.25. The van der Waals surface area contributed by atoms with Crippen molar-refractivity contribution >= 4 is 0 Å². The summed E-state index contributed by atoms with van der Waals surface area (Å²) in [6.07, 6.45) is 10.9. The topological polar surface area (TPSA) is 43.0 Å². The summed E-state index contributed by atoms with van der Waals surface area (Å²) in [6, 6.07) is 13.4. The smallest absolute Gasteiger partial charge is 0.160 e. The summed E-state index contributed by atoms with van der Waals surface area (Å²) in [7, 11) is 5.15. The van der Waals surface area contributed by atoms with Gasteiger partial charge in [0.25, 0.3) is 0 Å². The Balaban J connectivity index is 1.30. The molecule has 5 heteroatoms. The van der Waals surface area contributed by atoms with E-state index in [1.54, 1.807) is 21.3 Å². The van der Waals surface area contributed by atoms with Gasteiger partial charge >= 0.3 is 0 Å². The molecule has 0 saturated heterocycles. The van der Waals surface area contributed by atoms with Gasteiger partial charge in [-0.15, -0.1) is 0 Å². The Hall–Kier alpha value is -2.24. The van der Waals surface area contributed by atoms with Crippen molar-refractivity contribution in [1.82, 2.24) is 10.2 Å². The Kier molecular flexibility index (Phi) is 11.7. The molecular weight excluding hydrogens is 436 g/mol. The van der Waals surface area contributed by atoms with Crippen LogP contribution >= 0.6 is 0 Å². The number of unbranched alkanes of at least 4 members (excludes halogenated alkanes) is 3. The average molecular weight is 483 g/mol. The van der Waals surface area contributed by atoms with Gasteiger partial charge in [-0.1, -0.05) is 38.0 Å². The third-order valence-corrected chi connectivity index (χ3v) is 7.25. The molecule has 0 fully saturated rings. The number of benzene rings is 2. The zero-order chi connectivity index (χ0) is 24.9. The summed E-state index contributed by atoms with van der Waals surface area (Å²) in [5.41, 5.74) is 4.19. The standard InChI is InChI=1S/C30H46N2O3/c1-5-20-32(26-14-15-27-25(23-26)11-10-12-28(27)33-2)21-9-7-6-8-18-31-19-17-24-13-16-29(34-3)30(22-24)35-4/h10-13,16,22,26,31H,5-9,14-15,17-21,23H2,1-4H3/t26-/m0/s1. The Bertz CT molecular complexity index is 886. The van der Waals surface area contributed by atoms with Crippen LogP contribution in [0.15, 0.2) is 36.4 Å². The second-order valence-electron chi connectivity index (χ2n) is 9.63. The third kappa shape index (κ3) is 8.15. The van der Waals surface area contributed by atoms with Crippen LogP contribution in [0.1, 0.15) is 62.1 Å². The number of ether oxygens (including phenoxy) is 3. The van der Waals surface area contributed by atoms with Crippen LogP contribution in [0.25, 0.3) is 0 Å². The van der Waals surface area contributed by atoms with Crippen molar-refractivity contribution in [3.63, 3.8) is 0 Å². The summed E-state index contributed by atoms with van der Waals surface area (Å²) in [5, 5.41) is 3.60. The second kappa shape index (κ2) is 15.0. The molecule has 0 amide bonds. The van der Waals surface area contributed by atoms with Crippen molar-refractivity contribution in [2.24, 2.45) is 0 Å². The molecule has 0 bridgehead atoms. The van der Waals surface area contributed by atoms with Crippen LogP contribution in [-0.2, 0) is 19.3 Å². The molecule has 2 aromatic carbocycles. The summed E-state index contributed by atoms with van der Waals surface area (Å²) in [4.78, 5) is 2.75. The average Bonchev–Trinajstić information content (AvgIpc) is 2.90. The largest absolute Gasteiger partial charge is 0.496 e. The summed E-state index contributed by atoms with van der Waals surface area (Å²) < 4.78 is 16.3. The molecule has 0 saturated carbocycles. The van der Waals surface area contributed by atoms with Crippen molar-refractivity contribution in [3.8, 4) is 17.2 Å². The van der Waals surface area contributed by atoms with E-state index in [1.165, 1.54) is 68.3 Å². The molecule has 3 rings (SSSR count). The van der Waals surface area contributed by atoms with Crippen LogP contribution in [0.5, 0.6) is 17.2 Å². The first-order valence-corrected chi connectivity index (χ1v) is 13.5. The van der Waals surface area contributed by atoms with Gasteiger partial charge in [-0.25, -0.2) is 0 Å². The van der Waals surface area contributed by atoms with E-state index in [2.05, 4.69) is 47.5 Å². The Labute approximate surface area is 213 Å². The predicted molar refractivity (Wildman–Crippen MR) is 145 cm³/mol. The lowest BCUT2D eigenvalue weighted by molar-refractivity contribution is 0.175. The lowest BCUT2D eigenvalue weighted by atomic mass is 9.86. The van der Waals surface area contributed by atoms with Crippen LogP contribution in [0.4, 0.5) is 0 Å². The maximum Gasteiger partial charge on any atom is 0.160 e. The highest BCUT2D eigenvalue weighted by molar-refractivity contribution is 5.43. The molecule has 0 aromatic heterocycles. The number of hydrogen-bond donors (Lipinski definition) is 1. The molecular formula is C30H46N2O3. The molecule has 1 aliphatic rings. The van der Waals surface area contributed by atoms with Gasteiger partial charge in [0.15, 0.2) is 11.5 Å². The highest BCUT2D eigenvalue weighted by Gasteiger charge is 2.25. The van der Waals surface area contributed by atoms with E-state index in [9.17, 15) is 0 Å². The lowest BCUT2D eigenvalue weighted by Gasteiger charge is -2.35. The van der Waals surface area contributed by atoms with Crippen molar-refractivity contribution in [2.45, 2.75) is 70.8 Å².